The molecule has 1 aromatic heterocycles. The van der Waals surface area contributed by atoms with Crippen molar-refractivity contribution in [1.82, 2.24) is 15.2 Å². The number of urea groups is 1. The Morgan fingerprint density at radius 1 is 1.18 bits per heavy atom. The van der Waals surface area contributed by atoms with Crippen LogP contribution in [0.25, 0.3) is 0 Å². The number of pyridine rings is 1. The minimum absolute atomic E-state index is 0.0185. The van der Waals surface area contributed by atoms with Crippen molar-refractivity contribution >= 4 is 15.9 Å². The third-order valence-electron chi connectivity index (χ3n) is 4.90. The molecule has 1 aliphatic rings. The number of sulfone groups is 1. The summed E-state index contributed by atoms with van der Waals surface area (Å²) in [6, 6.07) is 9.44. The summed E-state index contributed by atoms with van der Waals surface area (Å²) in [6.45, 7) is 1.39. The summed E-state index contributed by atoms with van der Waals surface area (Å²) in [5.41, 5.74) is 0.539. The van der Waals surface area contributed by atoms with E-state index in [1.165, 1.54) is 25.4 Å². The molecule has 150 valence electrons. The van der Waals surface area contributed by atoms with Crippen molar-refractivity contribution in [3.05, 3.63) is 54.4 Å². The first-order valence-electron chi connectivity index (χ1n) is 9.33. The lowest BCUT2D eigenvalue weighted by Crippen LogP contribution is -2.44. The second-order valence-corrected chi connectivity index (χ2v) is 8.86. The largest absolute Gasteiger partial charge is 0.497 e. The fourth-order valence-electron chi connectivity index (χ4n) is 3.29. The van der Waals surface area contributed by atoms with Gasteiger partial charge in [-0.25, -0.2) is 13.2 Å². The van der Waals surface area contributed by atoms with Crippen molar-refractivity contribution < 1.29 is 17.9 Å². The molecule has 1 fully saturated rings. The number of likely N-dealkylation sites (tertiary alicyclic amines) is 1. The first kappa shape index (κ1) is 20.1. The first-order valence-corrected chi connectivity index (χ1v) is 10.9. The molecule has 1 aromatic carbocycles. The minimum atomic E-state index is -3.73. The van der Waals surface area contributed by atoms with Gasteiger partial charge in [0.1, 0.15) is 11.0 Å². The Bertz CT molecular complexity index is 879. The van der Waals surface area contributed by atoms with Gasteiger partial charge in [0.15, 0.2) is 9.84 Å². The molecule has 0 unspecified atom stereocenters. The zero-order valence-corrected chi connectivity index (χ0v) is 16.7. The first-order chi connectivity index (χ1) is 13.5. The molecule has 1 N–H and O–H groups in total. The molecule has 1 atom stereocenters. The Morgan fingerprint density at radius 2 is 1.89 bits per heavy atom. The van der Waals surface area contributed by atoms with Gasteiger partial charge in [0, 0.05) is 32.0 Å². The van der Waals surface area contributed by atoms with Crippen LogP contribution < -0.4 is 10.1 Å². The highest BCUT2D eigenvalue weighted by atomic mass is 32.2. The number of nitrogens with zero attached hydrogens (tertiary/aromatic N) is 2. The van der Waals surface area contributed by atoms with E-state index < -0.39 is 15.1 Å². The zero-order chi connectivity index (χ0) is 20.0. The maximum atomic E-state index is 13.3. The predicted octanol–water partition coefficient (Wildman–Crippen LogP) is 2.80. The van der Waals surface area contributed by atoms with Crippen LogP contribution in [-0.2, 0) is 9.84 Å². The van der Waals surface area contributed by atoms with E-state index >= 15 is 0 Å². The Labute approximate surface area is 165 Å². The van der Waals surface area contributed by atoms with Gasteiger partial charge in [-0.05, 0) is 55.2 Å². The van der Waals surface area contributed by atoms with Gasteiger partial charge in [-0.2, -0.15) is 0 Å². The second kappa shape index (κ2) is 9.05. The molecule has 0 bridgehead atoms. The molecule has 2 heterocycles. The average Bonchev–Trinajstić information content (AvgIpc) is 2.75. The summed E-state index contributed by atoms with van der Waals surface area (Å²) >= 11 is 0. The summed E-state index contributed by atoms with van der Waals surface area (Å²) in [4.78, 5) is 18.4. The van der Waals surface area contributed by atoms with E-state index in [1.54, 1.807) is 35.4 Å². The van der Waals surface area contributed by atoms with Gasteiger partial charge < -0.3 is 15.0 Å². The second-order valence-electron chi connectivity index (χ2n) is 6.73. The number of carbonyl (C=O) groups excluding carboxylic acids is 1. The quantitative estimate of drug-likeness (QED) is 0.801. The van der Waals surface area contributed by atoms with Gasteiger partial charge in [0.25, 0.3) is 0 Å². The molecular formula is C20H25N3O4S. The number of aromatic nitrogens is 1. The van der Waals surface area contributed by atoms with Gasteiger partial charge >= 0.3 is 6.03 Å². The number of benzene rings is 1. The highest BCUT2D eigenvalue weighted by Gasteiger charge is 2.30. The summed E-state index contributed by atoms with van der Waals surface area (Å²) in [5.74, 6) is 0.579. The molecule has 7 nitrogen and oxygen atoms in total. The van der Waals surface area contributed by atoms with Crippen LogP contribution in [0.3, 0.4) is 0 Å². The Morgan fingerprint density at radius 3 is 2.50 bits per heavy atom. The van der Waals surface area contributed by atoms with Crippen molar-refractivity contribution in [1.29, 1.82) is 0 Å². The van der Waals surface area contributed by atoms with Gasteiger partial charge in [-0.1, -0.05) is 6.07 Å². The highest BCUT2D eigenvalue weighted by molar-refractivity contribution is 7.91. The SMILES string of the molecule is COc1ccc(S(=O)(=O)[C@H](CNC(=O)N2CCCCC2)c2cccnc2)cc1. The van der Waals surface area contributed by atoms with Crippen LogP contribution in [0.15, 0.2) is 53.7 Å². The topological polar surface area (TPSA) is 88.6 Å². The van der Waals surface area contributed by atoms with Crippen LogP contribution in [0.4, 0.5) is 4.79 Å². The molecule has 3 rings (SSSR count). The number of amides is 2. The molecule has 0 radical (unpaired) electrons. The van der Waals surface area contributed by atoms with E-state index in [-0.39, 0.29) is 17.5 Å². The van der Waals surface area contributed by atoms with E-state index in [4.69, 9.17) is 4.74 Å². The van der Waals surface area contributed by atoms with Crippen molar-refractivity contribution in [2.45, 2.75) is 29.4 Å². The number of methoxy groups -OCH3 is 1. The molecule has 2 aromatic rings. The molecule has 1 aliphatic heterocycles. The Kier molecular flexibility index (Phi) is 6.51. The van der Waals surface area contributed by atoms with Crippen molar-refractivity contribution in [3.63, 3.8) is 0 Å². The summed E-state index contributed by atoms with van der Waals surface area (Å²) < 4.78 is 31.7. The number of ether oxygens (including phenoxy) is 1. The molecule has 8 heteroatoms. The number of hydrogen-bond donors (Lipinski definition) is 1. The molecular weight excluding hydrogens is 378 g/mol. The summed E-state index contributed by atoms with van der Waals surface area (Å²) in [5, 5.41) is 1.88. The van der Waals surface area contributed by atoms with Crippen LogP contribution >= 0.6 is 0 Å². The van der Waals surface area contributed by atoms with E-state index in [1.807, 2.05) is 0 Å². The molecule has 28 heavy (non-hydrogen) atoms. The van der Waals surface area contributed by atoms with Crippen LogP contribution in [0, 0.1) is 0 Å². The maximum Gasteiger partial charge on any atom is 0.317 e. The Balaban J connectivity index is 1.83. The van der Waals surface area contributed by atoms with E-state index in [0.29, 0.717) is 24.4 Å². The lowest BCUT2D eigenvalue weighted by Gasteiger charge is -2.28. The van der Waals surface area contributed by atoms with E-state index in [0.717, 1.165) is 19.3 Å². The van der Waals surface area contributed by atoms with Crippen LogP contribution in [0.1, 0.15) is 30.1 Å². The number of carbonyl (C=O) groups is 1. The highest BCUT2D eigenvalue weighted by Crippen LogP contribution is 2.29. The predicted molar refractivity (Wildman–Crippen MR) is 106 cm³/mol. The van der Waals surface area contributed by atoms with Gasteiger partial charge in [-0.3, -0.25) is 4.98 Å². The molecule has 2 amide bonds. The standard InChI is InChI=1S/C20H25N3O4S/c1-27-17-7-9-18(10-8-17)28(25,26)19(16-6-5-11-21-14-16)15-22-20(24)23-12-3-2-4-13-23/h5-11,14,19H,2-4,12-13,15H2,1H3,(H,22,24)/t19-/m1/s1. The fraction of sp³-hybridized carbons (Fsp3) is 0.400. The molecule has 1 saturated heterocycles. The third-order valence-corrected chi connectivity index (χ3v) is 7.02. The van der Waals surface area contributed by atoms with E-state index in [9.17, 15) is 13.2 Å². The monoisotopic (exact) mass is 403 g/mol. The number of piperidine rings is 1. The summed E-state index contributed by atoms with van der Waals surface area (Å²) in [7, 11) is -2.21. The van der Waals surface area contributed by atoms with Crippen LogP contribution in [0.5, 0.6) is 5.75 Å². The van der Waals surface area contributed by atoms with Gasteiger partial charge in [0.2, 0.25) is 0 Å². The lowest BCUT2D eigenvalue weighted by molar-refractivity contribution is 0.186. The number of rotatable bonds is 6. The Hall–Kier alpha value is -2.61. The summed E-state index contributed by atoms with van der Waals surface area (Å²) in [6.07, 6.45) is 6.19. The normalized spacial score (nSPS) is 15.7. The van der Waals surface area contributed by atoms with Crippen LogP contribution in [0.2, 0.25) is 0 Å². The van der Waals surface area contributed by atoms with Crippen LogP contribution in [-0.4, -0.2) is 51.1 Å². The molecule has 0 saturated carbocycles. The minimum Gasteiger partial charge on any atom is -0.497 e. The van der Waals surface area contributed by atoms with E-state index in [2.05, 4.69) is 10.3 Å². The molecule has 0 spiro atoms. The number of hydrogen-bond acceptors (Lipinski definition) is 5. The van der Waals surface area contributed by atoms with Gasteiger partial charge in [-0.15, -0.1) is 0 Å². The molecule has 0 aliphatic carbocycles. The third kappa shape index (κ3) is 4.62. The van der Waals surface area contributed by atoms with Crippen molar-refractivity contribution in [2.75, 3.05) is 26.7 Å². The lowest BCUT2D eigenvalue weighted by atomic mass is 10.1. The smallest absolute Gasteiger partial charge is 0.317 e. The maximum absolute atomic E-state index is 13.3. The fourth-order valence-corrected chi connectivity index (χ4v) is 4.94. The van der Waals surface area contributed by atoms with Crippen molar-refractivity contribution in [2.24, 2.45) is 0 Å². The number of nitrogens with one attached hydrogen (secondary N) is 1. The van der Waals surface area contributed by atoms with Gasteiger partial charge in [0.05, 0.1) is 12.0 Å². The van der Waals surface area contributed by atoms with Crippen molar-refractivity contribution in [3.8, 4) is 5.75 Å². The average molecular weight is 404 g/mol. The zero-order valence-electron chi connectivity index (χ0n) is 15.9.